The maximum absolute atomic E-state index is 12.9. The van der Waals surface area contributed by atoms with E-state index in [2.05, 4.69) is 0 Å². The van der Waals surface area contributed by atoms with E-state index in [4.69, 9.17) is 4.74 Å². The van der Waals surface area contributed by atoms with E-state index in [9.17, 15) is 30.3 Å². The van der Waals surface area contributed by atoms with Crippen LogP contribution < -0.4 is 4.74 Å². The van der Waals surface area contributed by atoms with Crippen molar-refractivity contribution in [1.82, 2.24) is 0 Å². The van der Waals surface area contributed by atoms with E-state index in [1.54, 1.807) is 6.92 Å². The largest absolute Gasteiger partial charge is 0.508 e. The number of hydrogen-bond acceptors (Lipinski definition) is 7. The second-order valence-corrected chi connectivity index (χ2v) is 8.85. The lowest BCUT2D eigenvalue weighted by Gasteiger charge is -2.31. The fourth-order valence-electron chi connectivity index (χ4n) is 3.84. The molecule has 1 unspecified atom stereocenters. The van der Waals surface area contributed by atoms with Crippen molar-refractivity contribution < 1.29 is 35.1 Å². The van der Waals surface area contributed by atoms with E-state index in [-0.39, 0.29) is 41.2 Å². The summed E-state index contributed by atoms with van der Waals surface area (Å²) < 4.78 is 5.75. The Morgan fingerprint density at radius 3 is 2.41 bits per heavy atom. The van der Waals surface area contributed by atoms with E-state index >= 15 is 0 Å². The summed E-state index contributed by atoms with van der Waals surface area (Å²) in [6.07, 6.45) is 1.03. The molecule has 172 valence electrons. The van der Waals surface area contributed by atoms with Crippen molar-refractivity contribution in [3.05, 3.63) is 58.7 Å². The minimum atomic E-state index is -1.57. The molecular formula is C25H30O7. The molecule has 0 aliphatic carbocycles. The minimum Gasteiger partial charge on any atom is -0.508 e. The summed E-state index contributed by atoms with van der Waals surface area (Å²) in [7, 11) is 0. The Balaban J connectivity index is 1.84. The molecule has 7 heteroatoms. The Morgan fingerprint density at radius 2 is 1.78 bits per heavy atom. The molecule has 7 nitrogen and oxygen atoms in total. The number of allylic oxidation sites excluding steroid dienone is 2. The van der Waals surface area contributed by atoms with Gasteiger partial charge >= 0.3 is 0 Å². The number of phenolic OH excluding ortho intramolecular Hbond substituents is 3. The third-order valence-corrected chi connectivity index (χ3v) is 5.77. The molecule has 1 aliphatic rings. The maximum atomic E-state index is 12.9. The highest BCUT2D eigenvalue weighted by Gasteiger charge is 2.40. The van der Waals surface area contributed by atoms with Gasteiger partial charge in [0.15, 0.2) is 12.2 Å². The van der Waals surface area contributed by atoms with Gasteiger partial charge in [-0.15, -0.1) is 0 Å². The van der Waals surface area contributed by atoms with Gasteiger partial charge in [-0.1, -0.05) is 23.8 Å². The lowest BCUT2D eigenvalue weighted by atomic mass is 9.88. The highest BCUT2D eigenvalue weighted by Crippen LogP contribution is 2.45. The predicted molar refractivity (Wildman–Crippen MR) is 119 cm³/mol. The van der Waals surface area contributed by atoms with Gasteiger partial charge in [0.25, 0.3) is 0 Å². The fraction of sp³-hybridized carbons (Fsp3) is 0.400. The highest BCUT2D eigenvalue weighted by atomic mass is 16.5. The number of ether oxygens (including phenoxy) is 1. The van der Waals surface area contributed by atoms with Crippen LogP contribution in [0.25, 0.3) is 0 Å². The van der Waals surface area contributed by atoms with Crippen molar-refractivity contribution in [3.8, 4) is 23.0 Å². The Hall–Kier alpha value is -3.03. The number of carbonyl (C=O) groups excluding carboxylic acids is 1. The molecule has 1 heterocycles. The van der Waals surface area contributed by atoms with Crippen LogP contribution in [-0.4, -0.2) is 43.0 Å². The topological polar surface area (TPSA) is 127 Å². The van der Waals surface area contributed by atoms with E-state index in [0.717, 1.165) is 5.57 Å². The molecule has 3 atom stereocenters. The van der Waals surface area contributed by atoms with E-state index < -0.39 is 29.3 Å². The summed E-state index contributed by atoms with van der Waals surface area (Å²) in [5, 5.41) is 51.9. The zero-order chi connectivity index (χ0) is 23.6. The van der Waals surface area contributed by atoms with Crippen LogP contribution in [0, 0.1) is 0 Å². The smallest absolute Gasteiger partial charge is 0.202 e. The average Bonchev–Trinajstić information content (AvgIpc) is 2.70. The summed E-state index contributed by atoms with van der Waals surface area (Å²) in [6, 6.07) is 7.11. The molecule has 0 saturated carbocycles. The molecule has 2 aromatic carbocycles. The van der Waals surface area contributed by atoms with Crippen LogP contribution in [0.2, 0.25) is 0 Å². The summed E-state index contributed by atoms with van der Waals surface area (Å²) in [5.41, 5.74) is 0.534. The predicted octanol–water partition coefficient (Wildman–Crippen LogP) is 3.91. The molecule has 0 spiro atoms. The summed E-state index contributed by atoms with van der Waals surface area (Å²) in [4.78, 5) is 12.9. The number of rotatable bonds is 7. The van der Waals surface area contributed by atoms with Crippen LogP contribution in [0.4, 0.5) is 0 Å². The minimum absolute atomic E-state index is 0.0300. The summed E-state index contributed by atoms with van der Waals surface area (Å²) in [6.45, 7) is 5.66. The van der Waals surface area contributed by atoms with Gasteiger partial charge < -0.3 is 30.3 Å². The number of fused-ring (bicyclic) bond motifs is 1. The first-order chi connectivity index (χ1) is 15.0. The van der Waals surface area contributed by atoms with Crippen LogP contribution in [-0.2, 0) is 6.42 Å². The molecule has 3 rings (SSSR count). The van der Waals surface area contributed by atoms with Crippen LogP contribution in [0.5, 0.6) is 23.0 Å². The van der Waals surface area contributed by atoms with Gasteiger partial charge in [0.05, 0.1) is 5.60 Å². The third kappa shape index (κ3) is 5.06. The Bertz CT molecular complexity index is 1020. The number of ketones is 1. The molecule has 1 aliphatic heterocycles. The lowest BCUT2D eigenvalue weighted by molar-refractivity contribution is 0.0210. The lowest BCUT2D eigenvalue weighted by Crippen LogP contribution is -2.36. The number of Topliss-reactive ketones (excluding diaryl/α,β-unsaturated/α-hetero) is 1. The zero-order valence-corrected chi connectivity index (χ0v) is 18.5. The molecule has 0 amide bonds. The normalized spacial score (nSPS) is 19.6. The number of aromatic hydroxyl groups is 3. The highest BCUT2D eigenvalue weighted by molar-refractivity contribution is 6.06. The van der Waals surface area contributed by atoms with Crippen molar-refractivity contribution >= 4 is 5.78 Å². The molecular weight excluding hydrogens is 412 g/mol. The van der Waals surface area contributed by atoms with Gasteiger partial charge in [0.2, 0.25) is 5.78 Å². The van der Waals surface area contributed by atoms with Gasteiger partial charge in [0, 0.05) is 11.6 Å². The van der Waals surface area contributed by atoms with E-state index in [0.29, 0.717) is 18.4 Å². The van der Waals surface area contributed by atoms with Gasteiger partial charge in [-0.3, -0.25) is 4.79 Å². The average molecular weight is 443 g/mol. The third-order valence-electron chi connectivity index (χ3n) is 5.77. The van der Waals surface area contributed by atoms with Crippen LogP contribution in [0.1, 0.15) is 67.6 Å². The van der Waals surface area contributed by atoms with Gasteiger partial charge in [-0.25, -0.2) is 0 Å². The molecule has 0 fully saturated rings. The number of aliphatic hydroxyl groups is 2. The Labute approximate surface area is 187 Å². The first-order valence-corrected chi connectivity index (χ1v) is 10.6. The van der Waals surface area contributed by atoms with Crippen molar-refractivity contribution in [2.75, 3.05) is 0 Å². The molecule has 32 heavy (non-hydrogen) atoms. The summed E-state index contributed by atoms with van der Waals surface area (Å²) in [5.74, 6) is -1.43. The molecule has 0 radical (unpaired) electrons. The number of carbonyl (C=O) groups is 1. The molecule has 0 bridgehead atoms. The van der Waals surface area contributed by atoms with Crippen molar-refractivity contribution in [2.24, 2.45) is 0 Å². The van der Waals surface area contributed by atoms with Crippen molar-refractivity contribution in [1.29, 1.82) is 0 Å². The number of aliphatic hydroxyl groups excluding tert-OH is 1. The molecule has 5 N–H and O–H groups in total. The monoisotopic (exact) mass is 442 g/mol. The van der Waals surface area contributed by atoms with E-state index in [1.807, 2.05) is 19.9 Å². The summed E-state index contributed by atoms with van der Waals surface area (Å²) >= 11 is 0. The molecule has 2 aromatic rings. The number of benzene rings is 2. The number of hydrogen-bond donors (Lipinski definition) is 5. The van der Waals surface area contributed by atoms with Crippen LogP contribution in [0.15, 0.2) is 42.0 Å². The van der Waals surface area contributed by atoms with Gasteiger partial charge in [-0.2, -0.15) is 0 Å². The fourth-order valence-corrected chi connectivity index (χ4v) is 3.84. The molecule has 0 saturated heterocycles. The molecule has 0 aromatic heterocycles. The van der Waals surface area contributed by atoms with Gasteiger partial charge in [-0.05, 0) is 64.2 Å². The standard InChI is InChI=1S/C25H30O7/c1-14(2)5-4-11-25(3,31)12-10-17-18(27)13-19-20(21(17)28)22(29)23(30)24(32-19)15-6-8-16(26)9-7-15/h5-9,13,23-24,26-28,30-31H,4,10-12H2,1-3H3/t23-,24+,25?/m0/s1. The Kier molecular flexibility index (Phi) is 6.81. The van der Waals surface area contributed by atoms with Crippen LogP contribution >= 0.6 is 0 Å². The maximum Gasteiger partial charge on any atom is 0.202 e. The first-order valence-electron chi connectivity index (χ1n) is 10.6. The first kappa shape index (κ1) is 23.6. The zero-order valence-electron chi connectivity index (χ0n) is 18.5. The second-order valence-electron chi connectivity index (χ2n) is 8.85. The van der Waals surface area contributed by atoms with E-state index in [1.165, 1.54) is 30.3 Å². The number of phenols is 3. The van der Waals surface area contributed by atoms with Crippen molar-refractivity contribution in [3.63, 3.8) is 0 Å². The Morgan fingerprint density at radius 1 is 1.12 bits per heavy atom. The SMILES string of the molecule is CC(C)=CCCC(C)(O)CCc1c(O)cc2c(c1O)C(=O)[C@H](O)[C@@H](c1ccc(O)cc1)O2. The van der Waals surface area contributed by atoms with Gasteiger partial charge in [0.1, 0.15) is 28.6 Å². The second kappa shape index (κ2) is 9.22. The van der Waals surface area contributed by atoms with Crippen molar-refractivity contribution in [2.45, 2.75) is 64.3 Å². The quantitative estimate of drug-likeness (QED) is 0.411. The van der Waals surface area contributed by atoms with Crippen LogP contribution in [0.3, 0.4) is 0 Å².